The SMILES string of the molecule is C#Cc1c(F)ccc2cc(O)cc(-c3nc4c5c(nc(OCC67CCCN6CCC7)nc5c3F)N3CCNC[C@H]3CO4)c12.CC.CN(C=O)c1cccc(S(F)(F)(F)(F)F)c1.COC. The summed E-state index contributed by atoms with van der Waals surface area (Å²) in [4.78, 5) is 27.7. The Bertz CT molecular complexity index is 2570. The highest BCUT2D eigenvalue weighted by atomic mass is 32.5. The van der Waals surface area contributed by atoms with E-state index in [9.17, 15) is 33.7 Å². The number of fused-ring (bicyclic) bond motifs is 4. The predicted octanol–water partition coefficient (Wildman–Crippen LogP) is 9.21. The number of rotatable bonds is 7. The standard InChI is InChI=1S/C32H30F2N6O3.C8H8F5NOS.C2H6O.C2H6/c1-2-21-23(33)6-5-18-13-20(41)14-22(24(18)21)27-26(34)28-25-29(40-12-9-35-15-19(40)16-42-30(25)36-27)38-31(37-28)43-17-32-7-3-10-39(32)11-4-8-32;1-14(6-15)7-3-2-4-8(5-7)16(9,10,11,12)13;1-3-2;1-2/h1,5-6,13-14,19,35,41H,3-4,7-12,15-17H2;2-6H,1H3;1-2H3;1-2H3/t19-;;;/m0.../s1. The molecule has 0 unspecified atom stereocenters. The first-order chi connectivity index (χ1) is 30.3. The predicted molar refractivity (Wildman–Crippen MR) is 234 cm³/mol. The number of terminal acetylenes is 1. The fourth-order valence-electron chi connectivity index (χ4n) is 8.44. The summed E-state index contributed by atoms with van der Waals surface area (Å²) in [6.45, 7) is 8.85. The molecule has 0 radical (unpaired) electrons. The lowest BCUT2D eigenvalue weighted by atomic mass is 9.95. The minimum Gasteiger partial charge on any atom is -0.508 e. The van der Waals surface area contributed by atoms with Crippen LogP contribution in [-0.4, -0.2) is 110 Å². The number of carbonyl (C=O) groups is 1. The second kappa shape index (κ2) is 18.1. The summed E-state index contributed by atoms with van der Waals surface area (Å²) in [5.74, 6) is 1.53. The number of halogens is 7. The van der Waals surface area contributed by atoms with Crippen LogP contribution in [0.2, 0.25) is 0 Å². The zero-order valence-corrected chi connectivity index (χ0v) is 36.8. The molecule has 3 fully saturated rings. The van der Waals surface area contributed by atoms with Crippen LogP contribution in [0.4, 0.5) is 39.7 Å². The number of anilines is 2. The average molecular weight is 922 g/mol. The van der Waals surface area contributed by atoms with Crippen LogP contribution in [0.5, 0.6) is 17.6 Å². The van der Waals surface area contributed by atoms with Crippen molar-refractivity contribution in [1.82, 2.24) is 25.2 Å². The smallest absolute Gasteiger partial charge is 0.319 e. The van der Waals surface area contributed by atoms with Gasteiger partial charge in [-0.3, -0.25) is 9.69 Å². The van der Waals surface area contributed by atoms with E-state index in [4.69, 9.17) is 20.9 Å². The van der Waals surface area contributed by atoms with Crippen LogP contribution in [0.25, 0.3) is 32.9 Å². The van der Waals surface area contributed by atoms with Crippen molar-refractivity contribution in [3.63, 3.8) is 0 Å². The molecule has 3 aromatic carbocycles. The van der Waals surface area contributed by atoms with Gasteiger partial charge < -0.3 is 34.4 Å². The molecule has 0 saturated carbocycles. The van der Waals surface area contributed by atoms with Crippen LogP contribution in [0.15, 0.2) is 53.4 Å². The molecule has 2 N–H and O–H groups in total. The molecular formula is C44H50F7N7O5S. The van der Waals surface area contributed by atoms with E-state index >= 15 is 4.39 Å². The third-order valence-corrected chi connectivity index (χ3v) is 12.5. The topological polar surface area (TPSA) is 125 Å². The number of benzene rings is 3. The van der Waals surface area contributed by atoms with E-state index in [0.29, 0.717) is 36.3 Å². The van der Waals surface area contributed by atoms with Crippen molar-refractivity contribution in [3.05, 3.63) is 65.7 Å². The van der Waals surface area contributed by atoms with E-state index in [1.54, 1.807) is 14.2 Å². The molecule has 0 bridgehead atoms. The van der Waals surface area contributed by atoms with Crippen LogP contribution >= 0.6 is 10.2 Å². The second-order valence-electron chi connectivity index (χ2n) is 15.5. The van der Waals surface area contributed by atoms with Crippen molar-refractivity contribution in [2.75, 3.05) is 77.0 Å². The highest BCUT2D eigenvalue weighted by Crippen LogP contribution is 3.02. The molecule has 1 atom stereocenters. The van der Waals surface area contributed by atoms with E-state index in [1.165, 1.54) is 24.3 Å². The number of ether oxygens (including phenoxy) is 3. The molecule has 3 saturated heterocycles. The quantitative estimate of drug-likeness (QED) is 0.0923. The molecule has 64 heavy (non-hydrogen) atoms. The zero-order chi connectivity index (χ0) is 46.7. The van der Waals surface area contributed by atoms with Crippen molar-refractivity contribution >= 4 is 49.8 Å². The van der Waals surface area contributed by atoms with Crippen LogP contribution in [0, 0.1) is 24.0 Å². The summed E-state index contributed by atoms with van der Waals surface area (Å²) >= 11 is 0. The molecule has 2 aromatic heterocycles. The van der Waals surface area contributed by atoms with Gasteiger partial charge in [0.15, 0.2) is 5.82 Å². The maximum atomic E-state index is 16.8. The summed E-state index contributed by atoms with van der Waals surface area (Å²) in [7, 11) is -5.25. The number of hydrogen-bond donors (Lipinski definition) is 2. The van der Waals surface area contributed by atoms with E-state index in [-0.39, 0.29) is 87.8 Å². The first-order valence-corrected chi connectivity index (χ1v) is 22.5. The lowest BCUT2D eigenvalue weighted by Crippen LogP contribution is -2.53. The number of nitrogens with one attached hydrogen (secondary N) is 1. The van der Waals surface area contributed by atoms with Crippen molar-refractivity contribution in [3.8, 4) is 41.2 Å². The Kier molecular flexibility index (Phi) is 13.5. The second-order valence-corrected chi connectivity index (χ2v) is 17.9. The molecule has 346 valence electrons. The number of hydrogen-bond acceptors (Lipinski definition) is 11. The van der Waals surface area contributed by atoms with Gasteiger partial charge in [-0.2, -0.15) is 9.97 Å². The van der Waals surface area contributed by atoms with Gasteiger partial charge in [0.2, 0.25) is 12.3 Å². The molecule has 4 aliphatic heterocycles. The largest absolute Gasteiger partial charge is 0.508 e. The number of piperazine rings is 1. The lowest BCUT2D eigenvalue weighted by molar-refractivity contribution is -0.107. The van der Waals surface area contributed by atoms with Gasteiger partial charge >= 0.3 is 16.2 Å². The van der Waals surface area contributed by atoms with E-state index < -0.39 is 26.8 Å². The Morgan fingerprint density at radius 1 is 1.02 bits per heavy atom. The summed E-state index contributed by atoms with van der Waals surface area (Å²) < 4.78 is 110. The van der Waals surface area contributed by atoms with E-state index in [0.717, 1.165) is 69.4 Å². The average Bonchev–Trinajstić information content (AvgIpc) is 3.82. The van der Waals surface area contributed by atoms with Gasteiger partial charge in [0, 0.05) is 57.5 Å². The Morgan fingerprint density at radius 2 is 1.72 bits per heavy atom. The summed E-state index contributed by atoms with van der Waals surface area (Å²) in [5, 5.41) is 15.0. The van der Waals surface area contributed by atoms with Gasteiger partial charge in [-0.1, -0.05) is 51.3 Å². The number of aromatic nitrogens is 3. The number of aromatic hydroxyl groups is 1. The Hall–Kier alpha value is -5.62. The number of nitrogens with zero attached hydrogens (tertiary/aromatic N) is 6. The monoisotopic (exact) mass is 921 g/mol. The van der Waals surface area contributed by atoms with Crippen LogP contribution in [0.3, 0.4) is 0 Å². The Morgan fingerprint density at radius 3 is 2.38 bits per heavy atom. The number of carbonyl (C=O) groups excluding carboxylic acids is 1. The van der Waals surface area contributed by atoms with Gasteiger partial charge in [-0.25, -0.2) is 13.8 Å². The Labute approximate surface area is 366 Å². The molecule has 6 heterocycles. The van der Waals surface area contributed by atoms with E-state index in [2.05, 4.69) is 35.7 Å². The summed E-state index contributed by atoms with van der Waals surface area (Å²) in [6, 6.07) is 8.01. The first kappa shape index (κ1) is 47.8. The molecule has 4 aliphatic rings. The fourth-order valence-corrected chi connectivity index (χ4v) is 9.12. The maximum absolute atomic E-state index is 16.8. The van der Waals surface area contributed by atoms with Crippen LogP contribution in [-0.2, 0) is 9.53 Å². The van der Waals surface area contributed by atoms with Crippen LogP contribution in [0.1, 0.15) is 45.1 Å². The zero-order valence-electron chi connectivity index (χ0n) is 35.9. The molecule has 5 aromatic rings. The van der Waals surface area contributed by atoms with Gasteiger partial charge in [0.05, 0.1) is 17.1 Å². The summed E-state index contributed by atoms with van der Waals surface area (Å²) in [6.07, 6.45) is 10.3. The van der Waals surface area contributed by atoms with Gasteiger partial charge in [-0.05, 0) is 80.6 Å². The van der Waals surface area contributed by atoms with Crippen molar-refractivity contribution in [1.29, 1.82) is 0 Å². The minimum absolute atomic E-state index is 0.0125. The van der Waals surface area contributed by atoms with E-state index in [1.807, 2.05) is 13.8 Å². The van der Waals surface area contributed by atoms with Crippen molar-refractivity contribution in [2.45, 2.75) is 56.0 Å². The molecule has 0 aliphatic carbocycles. The number of amides is 1. The van der Waals surface area contributed by atoms with Gasteiger partial charge in [0.1, 0.15) is 52.1 Å². The molecule has 1 amide bonds. The summed E-state index contributed by atoms with van der Waals surface area (Å²) in [5.41, 5.74) is -0.374. The van der Waals surface area contributed by atoms with Crippen molar-refractivity contribution in [2.24, 2.45) is 0 Å². The number of phenolic OH excluding ortho intramolecular Hbond substituents is 1. The normalized spacial score (nSPS) is 18.4. The molecule has 9 rings (SSSR count). The van der Waals surface area contributed by atoms with Gasteiger partial charge in [0.25, 0.3) is 0 Å². The van der Waals surface area contributed by atoms with Gasteiger partial charge in [-0.15, -0.1) is 6.42 Å². The number of methoxy groups -OCH3 is 1. The molecule has 20 heteroatoms. The maximum Gasteiger partial charge on any atom is 0.319 e. The lowest BCUT2D eigenvalue weighted by Gasteiger charge is -2.40. The number of phenols is 1. The third-order valence-electron chi connectivity index (χ3n) is 11.3. The highest BCUT2D eigenvalue weighted by Gasteiger charge is 2.65. The van der Waals surface area contributed by atoms with Crippen molar-refractivity contribution < 1.29 is 52.3 Å². The third kappa shape index (κ3) is 9.72. The minimum atomic E-state index is -9.67. The highest BCUT2D eigenvalue weighted by molar-refractivity contribution is 8.45. The first-order valence-electron chi connectivity index (χ1n) is 20.5. The van der Waals surface area contributed by atoms with Crippen LogP contribution < -0.4 is 24.6 Å². The fraction of sp³-hybridized carbons (Fsp3) is 0.409. The molecule has 0 spiro atoms. The number of pyridine rings is 1. The molecule has 12 nitrogen and oxygen atoms in total. The molecular weight excluding hydrogens is 872 g/mol. The Balaban J connectivity index is 0.000000272.